The van der Waals surface area contributed by atoms with Crippen LogP contribution in [-0.2, 0) is 24.2 Å². The third kappa shape index (κ3) is 5.10. The Kier molecular flexibility index (Phi) is 7.26. The van der Waals surface area contributed by atoms with Crippen molar-refractivity contribution in [3.05, 3.63) is 64.7 Å². The zero-order chi connectivity index (χ0) is 19.1. The Hall–Kier alpha value is -2.29. The molecule has 0 fully saturated rings. The number of carbonyl (C=O) groups is 1. The van der Waals surface area contributed by atoms with Crippen molar-refractivity contribution in [3.8, 4) is 5.75 Å². The Morgan fingerprint density at radius 3 is 2.38 bits per heavy atom. The molecular weight excluding hydrogens is 322 g/mol. The molecule has 140 valence electrons. The van der Waals surface area contributed by atoms with Crippen LogP contribution in [0.15, 0.2) is 42.5 Å². The molecule has 2 rings (SSSR count). The van der Waals surface area contributed by atoms with Crippen LogP contribution < -0.4 is 10.1 Å². The summed E-state index contributed by atoms with van der Waals surface area (Å²) in [7, 11) is 0. The van der Waals surface area contributed by atoms with Crippen molar-refractivity contribution in [2.45, 2.75) is 66.0 Å². The first-order valence-corrected chi connectivity index (χ1v) is 9.60. The van der Waals surface area contributed by atoms with E-state index in [-0.39, 0.29) is 5.91 Å². The van der Waals surface area contributed by atoms with Gasteiger partial charge in [-0.3, -0.25) is 4.79 Å². The Balaban J connectivity index is 2.02. The molecule has 0 saturated heterocycles. The van der Waals surface area contributed by atoms with E-state index < -0.39 is 6.10 Å². The number of benzene rings is 2. The SMILES string of the molecule is CCc1ccc(CC)c(CNC(=O)C(C)Oc2ccccc2C(C)C)c1. The minimum atomic E-state index is -0.533. The molecule has 3 nitrogen and oxygen atoms in total. The highest BCUT2D eigenvalue weighted by Crippen LogP contribution is 2.26. The van der Waals surface area contributed by atoms with Gasteiger partial charge in [-0.05, 0) is 54.0 Å². The number of nitrogens with one attached hydrogen (secondary N) is 1. The first-order chi connectivity index (χ1) is 12.5. The normalized spacial score (nSPS) is 12.1. The number of amides is 1. The zero-order valence-electron chi connectivity index (χ0n) is 16.6. The summed E-state index contributed by atoms with van der Waals surface area (Å²) in [6.07, 6.45) is 1.42. The lowest BCUT2D eigenvalue weighted by Crippen LogP contribution is -2.36. The van der Waals surface area contributed by atoms with E-state index >= 15 is 0 Å². The lowest BCUT2D eigenvalue weighted by molar-refractivity contribution is -0.127. The molecule has 0 aromatic heterocycles. The number of hydrogen-bond acceptors (Lipinski definition) is 2. The average Bonchev–Trinajstić information content (AvgIpc) is 2.65. The minimum Gasteiger partial charge on any atom is -0.481 e. The molecular formula is C23H31NO2. The quantitative estimate of drug-likeness (QED) is 0.724. The lowest BCUT2D eigenvalue weighted by atomic mass is 10.0. The van der Waals surface area contributed by atoms with E-state index in [2.05, 4.69) is 51.2 Å². The number of hydrogen-bond donors (Lipinski definition) is 1. The maximum absolute atomic E-state index is 12.5. The summed E-state index contributed by atoms with van der Waals surface area (Å²) in [6, 6.07) is 14.4. The predicted molar refractivity (Wildman–Crippen MR) is 108 cm³/mol. The Morgan fingerprint density at radius 2 is 1.73 bits per heavy atom. The highest BCUT2D eigenvalue weighted by atomic mass is 16.5. The fourth-order valence-corrected chi connectivity index (χ4v) is 3.04. The van der Waals surface area contributed by atoms with Gasteiger partial charge in [-0.1, -0.05) is 64.1 Å². The first kappa shape index (κ1) is 20.0. The van der Waals surface area contributed by atoms with Crippen molar-refractivity contribution in [1.82, 2.24) is 5.32 Å². The molecule has 26 heavy (non-hydrogen) atoms. The van der Waals surface area contributed by atoms with Crippen LogP contribution in [0.4, 0.5) is 0 Å². The molecule has 0 aliphatic heterocycles. The van der Waals surface area contributed by atoms with Gasteiger partial charge < -0.3 is 10.1 Å². The van der Waals surface area contributed by atoms with Gasteiger partial charge in [0.05, 0.1) is 0 Å². The Labute approximate surface area is 157 Å². The maximum Gasteiger partial charge on any atom is 0.261 e. The van der Waals surface area contributed by atoms with Crippen molar-refractivity contribution >= 4 is 5.91 Å². The zero-order valence-corrected chi connectivity index (χ0v) is 16.6. The van der Waals surface area contributed by atoms with E-state index in [0.717, 1.165) is 24.2 Å². The third-order valence-corrected chi connectivity index (χ3v) is 4.73. The van der Waals surface area contributed by atoms with Crippen molar-refractivity contribution in [3.63, 3.8) is 0 Å². The number of carbonyl (C=O) groups excluding carboxylic acids is 1. The van der Waals surface area contributed by atoms with Gasteiger partial charge >= 0.3 is 0 Å². The second-order valence-electron chi connectivity index (χ2n) is 6.98. The highest BCUT2D eigenvalue weighted by molar-refractivity contribution is 5.80. The van der Waals surface area contributed by atoms with E-state index in [4.69, 9.17) is 4.74 Å². The van der Waals surface area contributed by atoms with E-state index in [1.54, 1.807) is 6.92 Å². The summed E-state index contributed by atoms with van der Waals surface area (Å²) in [5, 5.41) is 3.03. The highest BCUT2D eigenvalue weighted by Gasteiger charge is 2.17. The van der Waals surface area contributed by atoms with Crippen LogP contribution in [0.2, 0.25) is 0 Å². The number of ether oxygens (including phenoxy) is 1. The van der Waals surface area contributed by atoms with Crippen LogP contribution in [0, 0.1) is 0 Å². The molecule has 3 heteroatoms. The van der Waals surface area contributed by atoms with Gasteiger partial charge in [0.15, 0.2) is 6.10 Å². The van der Waals surface area contributed by atoms with Gasteiger partial charge in [0, 0.05) is 6.54 Å². The van der Waals surface area contributed by atoms with Gasteiger partial charge in [0.1, 0.15) is 5.75 Å². The molecule has 1 amide bonds. The minimum absolute atomic E-state index is 0.0903. The topological polar surface area (TPSA) is 38.3 Å². The van der Waals surface area contributed by atoms with Crippen LogP contribution in [0.3, 0.4) is 0 Å². The average molecular weight is 354 g/mol. The van der Waals surface area contributed by atoms with Crippen molar-refractivity contribution in [2.75, 3.05) is 0 Å². The Bertz CT molecular complexity index is 737. The van der Waals surface area contributed by atoms with Crippen LogP contribution >= 0.6 is 0 Å². The van der Waals surface area contributed by atoms with Crippen LogP contribution in [0.25, 0.3) is 0 Å². The van der Waals surface area contributed by atoms with Gasteiger partial charge in [0.25, 0.3) is 5.91 Å². The first-order valence-electron chi connectivity index (χ1n) is 9.60. The summed E-state index contributed by atoms with van der Waals surface area (Å²) in [6.45, 7) is 10.9. The van der Waals surface area contributed by atoms with Crippen LogP contribution in [0.1, 0.15) is 62.8 Å². The van der Waals surface area contributed by atoms with Crippen molar-refractivity contribution in [2.24, 2.45) is 0 Å². The van der Waals surface area contributed by atoms with Gasteiger partial charge in [-0.25, -0.2) is 0 Å². The molecule has 1 N–H and O–H groups in total. The summed E-state index contributed by atoms with van der Waals surface area (Å²) in [4.78, 5) is 12.5. The van der Waals surface area contributed by atoms with Crippen molar-refractivity contribution in [1.29, 1.82) is 0 Å². The smallest absolute Gasteiger partial charge is 0.261 e. The fourth-order valence-electron chi connectivity index (χ4n) is 3.04. The van der Waals surface area contributed by atoms with E-state index in [1.807, 2.05) is 24.3 Å². The molecule has 1 atom stereocenters. The molecule has 1 unspecified atom stereocenters. The molecule has 0 aliphatic rings. The summed E-state index contributed by atoms with van der Waals surface area (Å²) >= 11 is 0. The third-order valence-electron chi connectivity index (χ3n) is 4.73. The van der Waals surface area contributed by atoms with E-state index in [9.17, 15) is 4.79 Å². The Morgan fingerprint density at radius 1 is 1.00 bits per heavy atom. The second kappa shape index (κ2) is 9.42. The van der Waals surface area contributed by atoms with Gasteiger partial charge in [0.2, 0.25) is 0 Å². The number of aryl methyl sites for hydroxylation is 2. The maximum atomic E-state index is 12.5. The largest absolute Gasteiger partial charge is 0.481 e. The van der Waals surface area contributed by atoms with E-state index in [1.165, 1.54) is 16.7 Å². The fraction of sp³-hybridized carbons (Fsp3) is 0.435. The molecule has 0 radical (unpaired) electrons. The van der Waals surface area contributed by atoms with Crippen LogP contribution in [-0.4, -0.2) is 12.0 Å². The monoisotopic (exact) mass is 353 g/mol. The second-order valence-corrected chi connectivity index (χ2v) is 6.98. The summed E-state index contributed by atoms with van der Waals surface area (Å²) < 4.78 is 5.95. The van der Waals surface area contributed by atoms with Crippen molar-refractivity contribution < 1.29 is 9.53 Å². The standard InChI is InChI=1S/C23H31NO2/c1-6-18-12-13-19(7-2)20(14-18)15-24-23(25)17(5)26-22-11-9-8-10-21(22)16(3)4/h8-14,16-17H,6-7,15H2,1-5H3,(H,24,25). The molecule has 0 spiro atoms. The number of rotatable bonds is 8. The molecule has 2 aromatic carbocycles. The van der Waals surface area contributed by atoms with Crippen LogP contribution in [0.5, 0.6) is 5.75 Å². The lowest BCUT2D eigenvalue weighted by Gasteiger charge is -2.19. The predicted octanol–water partition coefficient (Wildman–Crippen LogP) is 5.02. The number of para-hydroxylation sites is 1. The molecule has 0 bridgehead atoms. The molecule has 0 aliphatic carbocycles. The summed E-state index contributed by atoms with van der Waals surface area (Å²) in [5.41, 5.74) is 4.88. The molecule has 0 saturated carbocycles. The molecule has 2 aromatic rings. The molecule has 0 heterocycles. The van der Waals surface area contributed by atoms with Gasteiger partial charge in [-0.2, -0.15) is 0 Å². The van der Waals surface area contributed by atoms with E-state index in [0.29, 0.717) is 12.5 Å². The van der Waals surface area contributed by atoms with Gasteiger partial charge in [-0.15, -0.1) is 0 Å². The summed E-state index contributed by atoms with van der Waals surface area (Å²) in [5.74, 6) is 1.05.